The van der Waals surface area contributed by atoms with Gasteiger partial charge in [-0.2, -0.15) is 9.97 Å². The van der Waals surface area contributed by atoms with E-state index < -0.39 is 12.2 Å². The number of benzene rings is 1. The fraction of sp³-hybridized carbons (Fsp3) is 0.353. The number of anilines is 2. The fourth-order valence-electron chi connectivity index (χ4n) is 3.65. The minimum Gasteiger partial charge on any atom is -0.381 e. The van der Waals surface area contributed by atoms with E-state index in [1.807, 2.05) is 5.01 Å². The highest BCUT2D eigenvalue weighted by Gasteiger charge is 2.34. The summed E-state index contributed by atoms with van der Waals surface area (Å²) in [6.07, 6.45) is -1.17. The summed E-state index contributed by atoms with van der Waals surface area (Å²) in [4.78, 5) is 12.7. The normalized spacial score (nSPS) is 17.4. The first-order valence-corrected chi connectivity index (χ1v) is 9.23. The number of hydrogen-bond donors (Lipinski definition) is 2. The lowest BCUT2D eigenvalue weighted by Gasteiger charge is -2.30. The van der Waals surface area contributed by atoms with Gasteiger partial charge in [-0.05, 0) is 36.6 Å². The third-order valence-electron chi connectivity index (χ3n) is 4.92. The van der Waals surface area contributed by atoms with Crippen LogP contribution in [0.2, 0.25) is 5.28 Å². The van der Waals surface area contributed by atoms with Crippen molar-refractivity contribution >= 4 is 34.1 Å². The summed E-state index contributed by atoms with van der Waals surface area (Å²) < 4.78 is 34.2. The van der Waals surface area contributed by atoms with Crippen molar-refractivity contribution in [3.05, 3.63) is 35.4 Å². The second-order valence-corrected chi connectivity index (χ2v) is 6.90. The lowest BCUT2D eigenvalue weighted by molar-refractivity contribution is 0.0829. The molecule has 1 fully saturated rings. The monoisotopic (exact) mass is 407 g/mol. The van der Waals surface area contributed by atoms with Crippen molar-refractivity contribution in [1.29, 1.82) is 0 Å². The zero-order chi connectivity index (χ0) is 19.3. The number of ether oxygens (including phenoxy) is 1. The predicted octanol–water partition coefficient (Wildman–Crippen LogP) is 3.24. The Kier molecular flexibility index (Phi) is 4.26. The Labute approximate surface area is 163 Å². The Morgan fingerprint density at radius 1 is 1.11 bits per heavy atom. The number of nitrogens with one attached hydrogen (secondary N) is 2. The van der Waals surface area contributed by atoms with Gasteiger partial charge in [0, 0.05) is 13.2 Å². The third-order valence-corrected chi connectivity index (χ3v) is 5.09. The summed E-state index contributed by atoms with van der Waals surface area (Å²) in [6, 6.07) is 7.05. The highest BCUT2D eigenvalue weighted by atomic mass is 35.5. The van der Waals surface area contributed by atoms with E-state index in [-0.39, 0.29) is 17.1 Å². The molecule has 0 saturated carbocycles. The molecule has 0 unspecified atom stereocenters. The van der Waals surface area contributed by atoms with Crippen LogP contribution in [-0.4, -0.2) is 38.8 Å². The Balaban J connectivity index is 1.69. The van der Waals surface area contributed by atoms with Crippen molar-refractivity contribution in [2.45, 2.75) is 25.3 Å². The molecule has 0 aliphatic carbocycles. The lowest BCUT2D eigenvalue weighted by Crippen LogP contribution is -2.47. The van der Waals surface area contributed by atoms with Gasteiger partial charge in [-0.25, -0.2) is 13.8 Å². The van der Waals surface area contributed by atoms with Crippen molar-refractivity contribution in [3.8, 4) is 5.82 Å². The molecule has 0 amide bonds. The van der Waals surface area contributed by atoms with Crippen LogP contribution in [0.5, 0.6) is 0 Å². The van der Waals surface area contributed by atoms with Gasteiger partial charge >= 0.3 is 0 Å². The molecule has 0 radical (unpaired) electrons. The van der Waals surface area contributed by atoms with Gasteiger partial charge < -0.3 is 4.74 Å². The van der Waals surface area contributed by atoms with Gasteiger partial charge in [0.25, 0.3) is 6.43 Å². The summed E-state index contributed by atoms with van der Waals surface area (Å²) in [7, 11) is 0. The van der Waals surface area contributed by atoms with E-state index in [1.165, 1.54) is 4.57 Å². The maximum atomic E-state index is 13.8. The van der Waals surface area contributed by atoms with Crippen LogP contribution in [0.15, 0.2) is 24.3 Å². The molecule has 0 bridgehead atoms. The molecule has 3 aromatic rings. The second kappa shape index (κ2) is 6.80. The molecule has 2 aliphatic heterocycles. The molecule has 0 atom stereocenters. The average molecular weight is 408 g/mol. The summed E-state index contributed by atoms with van der Waals surface area (Å²) in [5.74, 6) is 0.338. The van der Waals surface area contributed by atoms with E-state index in [1.54, 1.807) is 24.3 Å². The zero-order valence-electron chi connectivity index (χ0n) is 14.6. The van der Waals surface area contributed by atoms with E-state index >= 15 is 0 Å². The number of hydrogen-bond acceptors (Lipinski definition) is 7. The first kappa shape index (κ1) is 17.5. The summed E-state index contributed by atoms with van der Waals surface area (Å²) >= 11 is 6.18. The first-order chi connectivity index (χ1) is 13.6. The molecule has 1 aromatic carbocycles. The number of hydrazine groups is 2. The van der Waals surface area contributed by atoms with Crippen LogP contribution in [0.4, 0.5) is 20.3 Å². The van der Waals surface area contributed by atoms with Gasteiger partial charge in [0.05, 0.1) is 17.1 Å². The van der Waals surface area contributed by atoms with Crippen molar-refractivity contribution < 1.29 is 13.5 Å². The molecule has 11 heteroatoms. The molecule has 2 aliphatic rings. The van der Waals surface area contributed by atoms with Crippen LogP contribution >= 0.6 is 11.6 Å². The van der Waals surface area contributed by atoms with Gasteiger partial charge in [0.2, 0.25) is 5.28 Å². The average Bonchev–Trinajstić information content (AvgIpc) is 3.29. The molecule has 5 rings (SSSR count). The van der Waals surface area contributed by atoms with Gasteiger partial charge in [0.1, 0.15) is 5.69 Å². The van der Waals surface area contributed by atoms with E-state index in [2.05, 4.69) is 25.9 Å². The molecule has 2 N–H and O–H groups in total. The van der Waals surface area contributed by atoms with Crippen molar-refractivity contribution in [3.63, 3.8) is 0 Å². The SMILES string of the molecule is FC(F)c1nc2ccccc2n1-c1nc(Cl)nc2c1NNN2C1CCOCC1. The molecule has 28 heavy (non-hydrogen) atoms. The zero-order valence-corrected chi connectivity index (χ0v) is 15.3. The van der Waals surface area contributed by atoms with Crippen molar-refractivity contribution in [2.24, 2.45) is 0 Å². The van der Waals surface area contributed by atoms with Crippen LogP contribution in [0.3, 0.4) is 0 Å². The topological polar surface area (TPSA) is 80.1 Å². The van der Waals surface area contributed by atoms with E-state index in [0.717, 1.165) is 12.8 Å². The molecular formula is C17H16ClF2N7O. The second-order valence-electron chi connectivity index (χ2n) is 6.56. The molecule has 8 nitrogen and oxygen atoms in total. The largest absolute Gasteiger partial charge is 0.381 e. The smallest absolute Gasteiger partial charge is 0.296 e. The summed E-state index contributed by atoms with van der Waals surface area (Å²) in [5.41, 5.74) is 7.52. The van der Waals surface area contributed by atoms with Gasteiger partial charge in [-0.1, -0.05) is 12.1 Å². The van der Waals surface area contributed by atoms with Crippen molar-refractivity contribution in [2.75, 3.05) is 23.6 Å². The Bertz CT molecular complexity index is 1040. The first-order valence-electron chi connectivity index (χ1n) is 8.85. The van der Waals surface area contributed by atoms with Crippen molar-refractivity contribution in [1.82, 2.24) is 25.1 Å². The Morgan fingerprint density at radius 3 is 2.64 bits per heavy atom. The summed E-state index contributed by atoms with van der Waals surface area (Å²) in [5, 5.41) is 1.82. The fourth-order valence-corrected chi connectivity index (χ4v) is 3.81. The molecule has 4 heterocycles. The molecule has 0 spiro atoms. The minimum atomic E-state index is -2.78. The molecule has 146 valence electrons. The number of fused-ring (bicyclic) bond motifs is 2. The van der Waals surface area contributed by atoms with Gasteiger partial charge in [-0.15, -0.1) is 5.53 Å². The minimum absolute atomic E-state index is 0.0330. The van der Waals surface area contributed by atoms with Gasteiger partial charge in [0.15, 0.2) is 17.5 Å². The summed E-state index contributed by atoms with van der Waals surface area (Å²) in [6.45, 7) is 1.29. The maximum absolute atomic E-state index is 13.8. The number of aromatic nitrogens is 4. The molecular weight excluding hydrogens is 392 g/mol. The number of nitrogens with zero attached hydrogens (tertiary/aromatic N) is 5. The van der Waals surface area contributed by atoms with E-state index in [0.29, 0.717) is 35.8 Å². The predicted molar refractivity (Wildman–Crippen MR) is 99.7 cm³/mol. The van der Waals surface area contributed by atoms with E-state index in [4.69, 9.17) is 16.3 Å². The number of para-hydroxylation sites is 2. The van der Waals surface area contributed by atoms with Crippen LogP contribution in [0.1, 0.15) is 25.1 Å². The Hall–Kier alpha value is -2.56. The number of alkyl halides is 2. The highest BCUT2D eigenvalue weighted by Crippen LogP contribution is 2.38. The Morgan fingerprint density at radius 2 is 1.86 bits per heavy atom. The molecule has 2 aromatic heterocycles. The third kappa shape index (κ3) is 2.76. The van der Waals surface area contributed by atoms with Crippen LogP contribution < -0.4 is 16.0 Å². The van der Waals surface area contributed by atoms with Crippen LogP contribution in [0.25, 0.3) is 16.9 Å². The highest BCUT2D eigenvalue weighted by molar-refractivity contribution is 6.28. The van der Waals surface area contributed by atoms with Gasteiger partial charge in [-0.3, -0.25) is 15.0 Å². The number of halogens is 3. The quantitative estimate of drug-likeness (QED) is 0.645. The lowest BCUT2D eigenvalue weighted by atomic mass is 10.1. The standard InChI is InChI=1S/C17H16ClF2N7O/c18-17-22-14(26-11-4-2-1-3-10(11)21-16(26)13(19)20)12-15(23-17)27(25-24-12)9-5-7-28-8-6-9/h1-4,9,13,24-25H,5-8H2. The van der Waals surface area contributed by atoms with Crippen LogP contribution in [0, 0.1) is 0 Å². The number of imidazole rings is 1. The van der Waals surface area contributed by atoms with E-state index in [9.17, 15) is 8.78 Å². The van der Waals surface area contributed by atoms with Crippen LogP contribution in [-0.2, 0) is 4.74 Å². The molecule has 1 saturated heterocycles. The maximum Gasteiger partial charge on any atom is 0.296 e. The number of rotatable bonds is 3.